The Labute approximate surface area is 259 Å². The van der Waals surface area contributed by atoms with Crippen LogP contribution in [0.1, 0.15) is 47.0 Å². The van der Waals surface area contributed by atoms with Crippen molar-refractivity contribution < 1.29 is 38.9 Å². The summed E-state index contributed by atoms with van der Waals surface area (Å²) in [7, 11) is 1.55. The number of carbonyl (C=O) groups is 4. The van der Waals surface area contributed by atoms with E-state index in [9.17, 15) is 29.4 Å². The van der Waals surface area contributed by atoms with E-state index in [0.717, 1.165) is 0 Å². The number of likely N-dealkylation sites (tertiary alicyclic amines) is 1. The number of fused-ring (bicyclic) bond motifs is 1. The second-order valence-corrected chi connectivity index (χ2v) is 12.6. The monoisotopic (exact) mass is 622 g/mol. The van der Waals surface area contributed by atoms with Crippen molar-refractivity contribution in [2.45, 2.75) is 70.7 Å². The third kappa shape index (κ3) is 6.22. The van der Waals surface area contributed by atoms with Crippen molar-refractivity contribution in [2.24, 2.45) is 11.3 Å². The summed E-state index contributed by atoms with van der Waals surface area (Å²) < 4.78 is 13.4. The molecule has 1 saturated carbocycles. The molecule has 14 nitrogen and oxygen atoms in total. The van der Waals surface area contributed by atoms with E-state index in [-0.39, 0.29) is 18.9 Å². The molecule has 0 radical (unpaired) electrons. The molecule has 1 aliphatic carbocycles. The van der Waals surface area contributed by atoms with Gasteiger partial charge in [-0.25, -0.2) is 19.3 Å². The van der Waals surface area contributed by atoms with Gasteiger partial charge in [-0.3, -0.25) is 9.59 Å². The van der Waals surface area contributed by atoms with E-state index in [1.807, 2.05) is 6.92 Å². The number of aromatic nitrogens is 3. The molecule has 1 aliphatic heterocycles. The first kappa shape index (κ1) is 31.5. The molecule has 0 spiro atoms. The molecule has 1 aromatic carbocycles. The van der Waals surface area contributed by atoms with Gasteiger partial charge in [0.25, 0.3) is 0 Å². The Morgan fingerprint density at radius 1 is 1.18 bits per heavy atom. The standard InChI is InChI=1S/C31H38N6O8/c1-6-17-15-31(17,28(40)41)35-26(38)22-13-19(16-36(22)27(39)25(30(2,3)4)34-29(42)43)45-23-14-24(37-11-7-10-32-37)33-21-12-18(44-5)8-9-20(21)23/h7-12,14,17,19,22,25,34H,6,13,15-16H2,1-5H3,(H,35,38)(H,40,41)(H,42,43)/t17-,19-,22+,25-,31-/m1/s1. The predicted molar refractivity (Wildman–Crippen MR) is 161 cm³/mol. The Morgan fingerprint density at radius 3 is 2.51 bits per heavy atom. The summed E-state index contributed by atoms with van der Waals surface area (Å²) in [5, 5.41) is 29.4. The summed E-state index contributed by atoms with van der Waals surface area (Å²) >= 11 is 0. The summed E-state index contributed by atoms with van der Waals surface area (Å²) in [6.45, 7) is 6.96. The fraction of sp³-hybridized carbons (Fsp3) is 0.484. The minimum absolute atomic E-state index is 0.0425. The van der Waals surface area contributed by atoms with Gasteiger partial charge in [-0.2, -0.15) is 5.10 Å². The van der Waals surface area contributed by atoms with Crippen LogP contribution >= 0.6 is 0 Å². The van der Waals surface area contributed by atoms with Gasteiger partial charge in [-0.1, -0.05) is 34.1 Å². The molecule has 0 bridgehead atoms. The Balaban J connectivity index is 1.50. The lowest BCUT2D eigenvalue weighted by Gasteiger charge is -2.34. The molecule has 240 valence electrons. The Hall–Kier alpha value is -4.88. The number of hydrogen-bond acceptors (Lipinski definition) is 8. The summed E-state index contributed by atoms with van der Waals surface area (Å²) in [6.07, 6.45) is 2.18. The van der Waals surface area contributed by atoms with Crippen LogP contribution in [0.4, 0.5) is 4.79 Å². The zero-order chi connectivity index (χ0) is 32.7. The lowest BCUT2D eigenvalue weighted by atomic mass is 9.85. The SMILES string of the molecule is CC[C@@H]1C[C@]1(NC(=O)[C@@H]1C[C@@H](Oc2cc(-n3cccn3)nc3cc(OC)ccc23)CN1C(=O)[C@@H](NC(=O)O)C(C)(C)C)C(=O)O. The maximum atomic E-state index is 14.0. The van der Waals surface area contributed by atoms with Crippen molar-refractivity contribution in [3.63, 3.8) is 0 Å². The van der Waals surface area contributed by atoms with Crippen LogP contribution < -0.4 is 20.1 Å². The minimum atomic E-state index is -1.40. The van der Waals surface area contributed by atoms with E-state index < -0.39 is 53.0 Å². The number of nitrogens with one attached hydrogen (secondary N) is 2. The molecule has 45 heavy (non-hydrogen) atoms. The van der Waals surface area contributed by atoms with Crippen molar-refractivity contribution in [3.05, 3.63) is 42.7 Å². The van der Waals surface area contributed by atoms with E-state index in [1.165, 1.54) is 4.90 Å². The maximum absolute atomic E-state index is 14.0. The molecule has 1 saturated heterocycles. The number of carboxylic acids is 1. The molecule has 14 heteroatoms. The molecule has 4 N–H and O–H groups in total. The molecular weight excluding hydrogens is 584 g/mol. The fourth-order valence-electron chi connectivity index (χ4n) is 6.00. The van der Waals surface area contributed by atoms with E-state index in [2.05, 4.69) is 15.7 Å². The van der Waals surface area contributed by atoms with Crippen LogP contribution in [0.3, 0.4) is 0 Å². The van der Waals surface area contributed by atoms with Gasteiger partial charge >= 0.3 is 12.1 Å². The molecule has 3 amide bonds. The maximum Gasteiger partial charge on any atom is 0.405 e. The van der Waals surface area contributed by atoms with Gasteiger partial charge in [0.15, 0.2) is 5.82 Å². The van der Waals surface area contributed by atoms with Gasteiger partial charge in [0.2, 0.25) is 11.8 Å². The Kier molecular flexibility index (Phi) is 8.34. The number of nitrogens with zero attached hydrogens (tertiary/aromatic N) is 4. The molecule has 5 rings (SSSR count). The van der Waals surface area contributed by atoms with Crippen LogP contribution in [0.5, 0.6) is 11.5 Å². The Morgan fingerprint density at radius 2 is 1.93 bits per heavy atom. The number of hydrogen-bond donors (Lipinski definition) is 4. The third-order valence-electron chi connectivity index (χ3n) is 8.55. The normalized spacial score (nSPS) is 23.3. The van der Waals surface area contributed by atoms with Crippen LogP contribution in [0.15, 0.2) is 42.7 Å². The van der Waals surface area contributed by atoms with Crippen molar-refractivity contribution in [1.29, 1.82) is 0 Å². The number of benzene rings is 1. The second kappa shape index (κ2) is 11.9. The molecule has 3 aromatic rings. The highest BCUT2D eigenvalue weighted by Gasteiger charge is 2.61. The summed E-state index contributed by atoms with van der Waals surface area (Å²) in [5.74, 6) is -1.10. The highest BCUT2D eigenvalue weighted by Crippen LogP contribution is 2.46. The van der Waals surface area contributed by atoms with Gasteiger partial charge in [0.05, 0.1) is 19.2 Å². The van der Waals surface area contributed by atoms with Crippen LogP contribution in [-0.2, 0) is 14.4 Å². The fourth-order valence-corrected chi connectivity index (χ4v) is 6.00. The first-order chi connectivity index (χ1) is 21.3. The molecule has 2 aliphatic rings. The number of ether oxygens (including phenoxy) is 2. The van der Waals surface area contributed by atoms with Crippen LogP contribution in [-0.4, -0.2) is 91.1 Å². The number of methoxy groups -OCH3 is 1. The number of amides is 3. The van der Waals surface area contributed by atoms with E-state index >= 15 is 0 Å². The van der Waals surface area contributed by atoms with Gasteiger partial charge < -0.3 is 35.2 Å². The molecule has 3 heterocycles. The Bertz CT molecular complexity index is 1620. The molecule has 2 fully saturated rings. The highest BCUT2D eigenvalue weighted by molar-refractivity contribution is 5.96. The number of aliphatic carboxylic acids is 1. The summed E-state index contributed by atoms with van der Waals surface area (Å²) in [5.41, 5.74) is -1.67. The lowest BCUT2D eigenvalue weighted by molar-refractivity contribution is -0.146. The molecular formula is C31H38N6O8. The van der Waals surface area contributed by atoms with Gasteiger partial charge in [-0.05, 0) is 36.0 Å². The lowest BCUT2D eigenvalue weighted by Crippen LogP contribution is -2.59. The van der Waals surface area contributed by atoms with Crippen LogP contribution in [0.25, 0.3) is 16.7 Å². The van der Waals surface area contributed by atoms with Crippen molar-refractivity contribution >= 4 is 34.8 Å². The first-order valence-corrected chi connectivity index (χ1v) is 14.8. The number of carboxylic acid groups (broad SMARTS) is 2. The molecule has 0 unspecified atom stereocenters. The van der Waals surface area contributed by atoms with E-state index in [1.54, 1.807) is 75.3 Å². The van der Waals surface area contributed by atoms with Crippen molar-refractivity contribution in [1.82, 2.24) is 30.3 Å². The van der Waals surface area contributed by atoms with E-state index in [4.69, 9.17) is 14.5 Å². The van der Waals surface area contributed by atoms with Crippen molar-refractivity contribution in [2.75, 3.05) is 13.7 Å². The van der Waals surface area contributed by atoms with Gasteiger partial charge in [-0.15, -0.1) is 0 Å². The quantitative estimate of drug-likeness (QED) is 0.262. The number of carbonyl (C=O) groups excluding carboxylic acids is 2. The highest BCUT2D eigenvalue weighted by atomic mass is 16.5. The predicted octanol–water partition coefficient (Wildman–Crippen LogP) is 2.83. The zero-order valence-electron chi connectivity index (χ0n) is 25.8. The number of rotatable bonds is 10. The smallest absolute Gasteiger partial charge is 0.405 e. The zero-order valence-corrected chi connectivity index (χ0v) is 25.8. The average molecular weight is 623 g/mol. The molecule has 5 atom stereocenters. The van der Waals surface area contributed by atoms with E-state index in [0.29, 0.717) is 41.1 Å². The first-order valence-electron chi connectivity index (χ1n) is 14.8. The summed E-state index contributed by atoms with van der Waals surface area (Å²) in [6, 6.07) is 6.51. The van der Waals surface area contributed by atoms with Crippen LogP contribution in [0.2, 0.25) is 0 Å². The third-order valence-corrected chi connectivity index (χ3v) is 8.55. The van der Waals surface area contributed by atoms with Gasteiger partial charge in [0, 0.05) is 36.3 Å². The summed E-state index contributed by atoms with van der Waals surface area (Å²) in [4.78, 5) is 57.6. The minimum Gasteiger partial charge on any atom is -0.497 e. The van der Waals surface area contributed by atoms with Crippen molar-refractivity contribution in [3.8, 4) is 17.3 Å². The number of pyridine rings is 1. The van der Waals surface area contributed by atoms with Gasteiger partial charge in [0.1, 0.15) is 35.2 Å². The topological polar surface area (TPSA) is 185 Å². The second-order valence-electron chi connectivity index (χ2n) is 12.6. The van der Waals surface area contributed by atoms with Crippen LogP contribution in [0, 0.1) is 11.3 Å². The largest absolute Gasteiger partial charge is 0.497 e. The average Bonchev–Trinajstić information content (AvgIpc) is 3.29. The molecule has 2 aromatic heterocycles.